The molecule has 11 nitrogen and oxygen atoms in total. The van der Waals surface area contributed by atoms with Gasteiger partial charge in [0.25, 0.3) is 0 Å². The lowest BCUT2D eigenvalue weighted by molar-refractivity contribution is 0.0691. The summed E-state index contributed by atoms with van der Waals surface area (Å²) < 4.78 is 24.1. The molecule has 0 bridgehead atoms. The molecule has 6 rings (SSSR count). The highest BCUT2D eigenvalue weighted by molar-refractivity contribution is 5.88. The number of rotatable bonds is 10. The van der Waals surface area contributed by atoms with Crippen molar-refractivity contribution in [3.63, 3.8) is 0 Å². The molecular formula is C32H31FN8O3. The summed E-state index contributed by atoms with van der Waals surface area (Å²) in [7, 11) is 0. The number of carboxylic acids is 1. The van der Waals surface area contributed by atoms with Crippen LogP contribution in [0.4, 0.5) is 4.39 Å². The highest BCUT2D eigenvalue weighted by Crippen LogP contribution is 2.29. The van der Waals surface area contributed by atoms with Crippen LogP contribution >= 0.6 is 0 Å². The molecule has 0 saturated carbocycles. The van der Waals surface area contributed by atoms with E-state index in [1.54, 1.807) is 30.6 Å². The molecule has 12 heteroatoms. The second-order valence-corrected chi connectivity index (χ2v) is 10.8. The van der Waals surface area contributed by atoms with Crippen LogP contribution in [0.25, 0.3) is 11.2 Å². The number of carbonyl (C=O) groups is 1. The Balaban J connectivity index is 1.14. The minimum atomic E-state index is -1.08. The lowest BCUT2D eigenvalue weighted by Crippen LogP contribution is -2.33. The number of likely N-dealkylation sites (tertiary alicyclic amines) is 1. The molecule has 1 N–H and O–H groups in total. The van der Waals surface area contributed by atoms with Gasteiger partial charge in [0.2, 0.25) is 5.88 Å². The standard InChI is InChI=1S/C32H31FN8O3/c1-2-40-20-35-16-24(40)17-41-29(36-27-8-9-28(32(42)43)38-31(27)41)18-39-12-10-22(11-13-39)26-4-3-5-30(37-26)44-19-23-7-6-21(15-34)14-25(23)33/h3-9,14,16,20,22H,2,10-13,17-19H2,1H3,(H,42,43). The minimum Gasteiger partial charge on any atom is -0.477 e. The quantitative estimate of drug-likeness (QED) is 0.243. The van der Waals surface area contributed by atoms with Gasteiger partial charge >= 0.3 is 5.97 Å². The van der Waals surface area contributed by atoms with Crippen LogP contribution < -0.4 is 4.74 Å². The van der Waals surface area contributed by atoms with Gasteiger partial charge in [0, 0.05) is 36.0 Å². The number of halogens is 1. The fourth-order valence-electron chi connectivity index (χ4n) is 5.59. The summed E-state index contributed by atoms with van der Waals surface area (Å²) in [5.41, 5.74) is 3.74. The molecule has 1 aromatic carbocycles. The Hall–Kier alpha value is -5.15. The monoisotopic (exact) mass is 594 g/mol. The van der Waals surface area contributed by atoms with E-state index in [2.05, 4.69) is 21.8 Å². The molecule has 0 amide bonds. The third kappa shape index (κ3) is 6.14. The molecule has 0 spiro atoms. The van der Waals surface area contributed by atoms with E-state index in [9.17, 15) is 14.3 Å². The molecule has 1 fully saturated rings. The first-order valence-corrected chi connectivity index (χ1v) is 14.5. The number of nitrogens with zero attached hydrogens (tertiary/aromatic N) is 8. The Kier molecular flexibility index (Phi) is 8.29. The number of aromatic carboxylic acids is 1. The Labute approximate surface area is 253 Å². The number of hydrogen-bond acceptors (Lipinski definition) is 8. The van der Waals surface area contributed by atoms with Gasteiger partial charge in [-0.1, -0.05) is 12.1 Å². The van der Waals surface area contributed by atoms with Crippen molar-refractivity contribution in [1.82, 2.24) is 34.0 Å². The number of ether oxygens (including phenoxy) is 1. The Morgan fingerprint density at radius 3 is 2.70 bits per heavy atom. The predicted octanol–water partition coefficient (Wildman–Crippen LogP) is 4.76. The fraction of sp³-hybridized carbons (Fsp3) is 0.312. The maximum Gasteiger partial charge on any atom is 0.354 e. The van der Waals surface area contributed by atoms with Crippen LogP contribution in [0.5, 0.6) is 5.88 Å². The molecule has 5 heterocycles. The largest absolute Gasteiger partial charge is 0.477 e. The van der Waals surface area contributed by atoms with Gasteiger partial charge in [-0.3, -0.25) is 4.90 Å². The molecular weight excluding hydrogens is 563 g/mol. The summed E-state index contributed by atoms with van der Waals surface area (Å²) in [6.07, 6.45) is 5.39. The van der Waals surface area contributed by atoms with E-state index in [0.29, 0.717) is 35.7 Å². The molecule has 44 heavy (non-hydrogen) atoms. The van der Waals surface area contributed by atoms with E-state index in [1.165, 1.54) is 12.1 Å². The van der Waals surface area contributed by atoms with Crippen LogP contribution in [-0.4, -0.2) is 58.1 Å². The third-order valence-electron chi connectivity index (χ3n) is 8.02. The molecule has 0 unspecified atom stereocenters. The first-order chi connectivity index (χ1) is 21.4. The average Bonchev–Trinajstić information content (AvgIpc) is 3.64. The van der Waals surface area contributed by atoms with E-state index in [-0.39, 0.29) is 23.8 Å². The smallest absolute Gasteiger partial charge is 0.354 e. The lowest BCUT2D eigenvalue weighted by atomic mass is 9.93. The zero-order valence-electron chi connectivity index (χ0n) is 24.2. The van der Waals surface area contributed by atoms with Gasteiger partial charge in [-0.25, -0.2) is 29.1 Å². The first-order valence-electron chi connectivity index (χ1n) is 14.5. The number of fused-ring (bicyclic) bond motifs is 1. The summed E-state index contributed by atoms with van der Waals surface area (Å²) in [5.74, 6) is -0.0524. The van der Waals surface area contributed by atoms with Crippen LogP contribution in [-0.2, 0) is 26.2 Å². The number of nitriles is 1. The van der Waals surface area contributed by atoms with Gasteiger partial charge in [-0.2, -0.15) is 5.26 Å². The van der Waals surface area contributed by atoms with Crippen LogP contribution in [0.2, 0.25) is 0 Å². The van der Waals surface area contributed by atoms with Gasteiger partial charge in [0.1, 0.15) is 23.8 Å². The minimum absolute atomic E-state index is 0.0178. The van der Waals surface area contributed by atoms with Crippen molar-refractivity contribution in [2.75, 3.05) is 13.1 Å². The highest BCUT2D eigenvalue weighted by Gasteiger charge is 2.25. The van der Waals surface area contributed by atoms with Gasteiger partial charge in [-0.05, 0) is 63.2 Å². The van der Waals surface area contributed by atoms with Gasteiger partial charge < -0.3 is 19.0 Å². The lowest BCUT2D eigenvalue weighted by Gasteiger charge is -2.31. The molecule has 0 aliphatic carbocycles. The van der Waals surface area contributed by atoms with Gasteiger partial charge in [0.15, 0.2) is 11.3 Å². The van der Waals surface area contributed by atoms with Crippen molar-refractivity contribution < 1.29 is 19.0 Å². The molecule has 1 saturated heterocycles. The number of aromatic nitrogens is 6. The summed E-state index contributed by atoms with van der Waals surface area (Å²) in [5, 5.41) is 18.5. The summed E-state index contributed by atoms with van der Waals surface area (Å²) in [4.78, 5) is 32.3. The maximum absolute atomic E-state index is 14.3. The van der Waals surface area contributed by atoms with Crippen molar-refractivity contribution >= 4 is 17.1 Å². The van der Waals surface area contributed by atoms with Crippen LogP contribution in [0, 0.1) is 17.1 Å². The zero-order valence-corrected chi connectivity index (χ0v) is 24.2. The number of piperidine rings is 1. The molecule has 4 aromatic heterocycles. The van der Waals surface area contributed by atoms with Gasteiger partial charge in [-0.15, -0.1) is 0 Å². The molecule has 5 aromatic rings. The van der Waals surface area contributed by atoms with E-state index in [1.807, 2.05) is 33.5 Å². The third-order valence-corrected chi connectivity index (χ3v) is 8.02. The Morgan fingerprint density at radius 1 is 1.11 bits per heavy atom. The van der Waals surface area contributed by atoms with Crippen molar-refractivity contribution in [1.29, 1.82) is 5.26 Å². The normalized spacial score (nSPS) is 14.1. The summed E-state index contributed by atoms with van der Waals surface area (Å²) >= 11 is 0. The van der Waals surface area contributed by atoms with Crippen molar-refractivity contribution in [2.24, 2.45) is 0 Å². The first kappa shape index (κ1) is 28.9. The number of imidazole rings is 2. The van der Waals surface area contributed by atoms with Crippen LogP contribution in [0.1, 0.15) is 64.5 Å². The van der Waals surface area contributed by atoms with E-state index >= 15 is 0 Å². The van der Waals surface area contributed by atoms with Crippen molar-refractivity contribution in [2.45, 2.75) is 51.9 Å². The zero-order chi connectivity index (χ0) is 30.6. The van der Waals surface area contributed by atoms with E-state index in [4.69, 9.17) is 20.0 Å². The number of benzene rings is 1. The summed E-state index contributed by atoms with van der Waals surface area (Å²) in [6.45, 7) is 5.58. The Bertz CT molecular complexity index is 1850. The van der Waals surface area contributed by atoms with E-state index in [0.717, 1.165) is 49.7 Å². The SMILES string of the molecule is CCn1cncc1Cn1c(CN2CCC(c3cccc(OCc4ccc(C#N)cc4F)n3)CC2)nc2ccc(C(=O)O)nc21. The number of hydrogen-bond donors (Lipinski definition) is 1. The van der Waals surface area contributed by atoms with Crippen molar-refractivity contribution in [3.05, 3.63) is 101 Å². The fourth-order valence-corrected chi connectivity index (χ4v) is 5.59. The van der Waals surface area contributed by atoms with Crippen molar-refractivity contribution in [3.8, 4) is 11.9 Å². The summed E-state index contributed by atoms with van der Waals surface area (Å²) in [6, 6.07) is 15.1. The molecule has 1 aliphatic rings. The predicted molar refractivity (Wildman–Crippen MR) is 158 cm³/mol. The van der Waals surface area contributed by atoms with Gasteiger partial charge in [0.05, 0.1) is 36.7 Å². The maximum atomic E-state index is 14.3. The molecule has 0 atom stereocenters. The molecule has 0 radical (unpaired) electrons. The highest BCUT2D eigenvalue weighted by atomic mass is 19.1. The van der Waals surface area contributed by atoms with Crippen LogP contribution in [0.3, 0.4) is 0 Å². The molecule has 224 valence electrons. The molecule has 1 aliphatic heterocycles. The average molecular weight is 595 g/mol. The Morgan fingerprint density at radius 2 is 1.95 bits per heavy atom. The topological polar surface area (TPSA) is 135 Å². The van der Waals surface area contributed by atoms with Crippen LogP contribution in [0.15, 0.2) is 61.1 Å². The number of aryl methyl sites for hydroxylation is 1. The number of pyridine rings is 2. The van der Waals surface area contributed by atoms with E-state index < -0.39 is 11.8 Å². The number of carboxylic acid groups (broad SMARTS) is 1. The second-order valence-electron chi connectivity index (χ2n) is 10.8. The second kappa shape index (κ2) is 12.6.